The molecule has 3 rings (SSSR count). The summed E-state index contributed by atoms with van der Waals surface area (Å²) in [5, 5.41) is 0. The van der Waals surface area contributed by atoms with Gasteiger partial charge < -0.3 is 9.15 Å². The minimum absolute atomic E-state index is 0.252. The molecule has 3 heterocycles. The van der Waals surface area contributed by atoms with Gasteiger partial charge in [0.1, 0.15) is 12.7 Å². The van der Waals surface area contributed by atoms with Crippen LogP contribution < -0.4 is 4.57 Å². The number of nitrogens with zero attached hydrogens (tertiary/aromatic N) is 4. The summed E-state index contributed by atoms with van der Waals surface area (Å²) in [7, 11) is 2.70. The molecule has 9 nitrogen and oxygen atoms in total. The van der Waals surface area contributed by atoms with E-state index in [4.69, 9.17) is 4.42 Å². The molecule has 0 saturated carbocycles. The normalized spacial score (nSPS) is 20.0. The van der Waals surface area contributed by atoms with Crippen molar-refractivity contribution in [3.63, 3.8) is 0 Å². The van der Waals surface area contributed by atoms with Gasteiger partial charge >= 0.3 is 18.0 Å². The van der Waals surface area contributed by atoms with Gasteiger partial charge in [0.2, 0.25) is 0 Å². The minimum Gasteiger partial charge on any atom is -0.468 e. The van der Waals surface area contributed by atoms with Crippen molar-refractivity contribution in [2.75, 3.05) is 20.7 Å². The first-order chi connectivity index (χ1) is 11.1. The Kier molecular flexibility index (Phi) is 3.47. The lowest BCUT2D eigenvalue weighted by Gasteiger charge is -2.31. The summed E-state index contributed by atoms with van der Waals surface area (Å²) in [4.78, 5) is 43.0. The molecule has 9 heteroatoms. The number of imide groups is 1. The molecule has 0 bridgehead atoms. The van der Waals surface area contributed by atoms with E-state index in [0.717, 1.165) is 4.90 Å². The van der Waals surface area contributed by atoms with Crippen molar-refractivity contribution in [2.24, 2.45) is 4.99 Å². The van der Waals surface area contributed by atoms with Crippen LogP contribution in [0.15, 0.2) is 15.6 Å². The summed E-state index contributed by atoms with van der Waals surface area (Å²) >= 11 is 0. The van der Waals surface area contributed by atoms with Crippen LogP contribution in [-0.4, -0.2) is 54.2 Å². The van der Waals surface area contributed by atoms with Crippen LogP contribution in [0.1, 0.15) is 32.6 Å². The number of aliphatic imine (C=N–C) groups is 1. The van der Waals surface area contributed by atoms with Gasteiger partial charge in [-0.3, -0.25) is 14.5 Å². The number of rotatable bonds is 2. The molecule has 2 aliphatic rings. The zero-order valence-corrected chi connectivity index (χ0v) is 14.2. The van der Waals surface area contributed by atoms with E-state index in [9.17, 15) is 14.4 Å². The van der Waals surface area contributed by atoms with E-state index in [1.54, 1.807) is 10.8 Å². The van der Waals surface area contributed by atoms with Crippen LogP contribution in [0.5, 0.6) is 0 Å². The topological polar surface area (TPSA) is 96.3 Å². The average Bonchev–Trinajstić information content (AvgIpc) is 3.06. The molecule has 1 aromatic rings. The Morgan fingerprint density at radius 3 is 2.67 bits per heavy atom. The summed E-state index contributed by atoms with van der Waals surface area (Å²) in [6, 6.07) is -1.19. The van der Waals surface area contributed by atoms with Gasteiger partial charge in [-0.15, -0.1) is 0 Å². The Bertz CT molecular complexity index is 773. The predicted molar refractivity (Wildman–Crippen MR) is 80.6 cm³/mol. The van der Waals surface area contributed by atoms with Gasteiger partial charge in [0.15, 0.2) is 5.76 Å². The van der Waals surface area contributed by atoms with E-state index in [1.807, 2.05) is 20.8 Å². The number of hydrogen-bond donors (Lipinski definition) is 0. The lowest BCUT2D eigenvalue weighted by molar-refractivity contribution is -0.679. The molecule has 128 valence electrons. The SMILES string of the molecule is COC(=O)CN1C(=O)C2C(=Nc3oc(C(C)(C)C)c[n+]32)N(C)C1=O. The molecule has 0 aliphatic carbocycles. The number of oxazole rings is 1. The first-order valence-corrected chi connectivity index (χ1v) is 7.45. The zero-order valence-electron chi connectivity index (χ0n) is 14.2. The molecule has 0 spiro atoms. The Balaban J connectivity index is 2.01. The highest BCUT2D eigenvalue weighted by atomic mass is 16.5. The third-order valence-corrected chi connectivity index (χ3v) is 4.03. The Hall–Kier alpha value is -2.71. The fourth-order valence-corrected chi connectivity index (χ4v) is 2.60. The standard InChI is InChI=1S/C15H19N4O5/c1-15(2,3)8-6-18-10-11(16-13(18)24-8)17(4)14(22)19(12(10)21)7-9(20)23-5/h6,10H,7H2,1-5H3/q+1. The number of fused-ring (bicyclic) bond motifs is 3. The number of amidine groups is 1. The highest BCUT2D eigenvalue weighted by Gasteiger charge is 2.55. The van der Waals surface area contributed by atoms with E-state index >= 15 is 0 Å². The number of aromatic nitrogens is 1. The number of urea groups is 1. The second kappa shape index (κ2) is 5.15. The maximum atomic E-state index is 12.8. The molecule has 0 N–H and O–H groups in total. The van der Waals surface area contributed by atoms with Gasteiger partial charge in [0.25, 0.3) is 17.8 Å². The van der Waals surface area contributed by atoms with Gasteiger partial charge in [0.05, 0.1) is 7.11 Å². The van der Waals surface area contributed by atoms with Crippen molar-refractivity contribution in [1.29, 1.82) is 0 Å². The summed E-state index contributed by atoms with van der Waals surface area (Å²) in [6.45, 7) is 5.50. The smallest absolute Gasteiger partial charge is 0.468 e. The van der Waals surface area contributed by atoms with Crippen LogP contribution in [-0.2, 0) is 19.7 Å². The molecule has 1 aromatic heterocycles. The predicted octanol–water partition coefficient (Wildman–Crippen LogP) is 0.516. The van der Waals surface area contributed by atoms with Crippen LogP contribution in [0, 0.1) is 0 Å². The maximum Gasteiger partial charge on any atom is 0.506 e. The Morgan fingerprint density at radius 1 is 1.42 bits per heavy atom. The monoisotopic (exact) mass is 335 g/mol. The van der Waals surface area contributed by atoms with E-state index < -0.39 is 30.5 Å². The molecule has 1 atom stereocenters. The Labute approximate surface area is 138 Å². The number of likely N-dealkylation sites (N-methyl/N-ethyl adjacent to an activating group) is 1. The highest BCUT2D eigenvalue weighted by Crippen LogP contribution is 2.32. The van der Waals surface area contributed by atoms with Crippen molar-refractivity contribution in [3.8, 4) is 0 Å². The van der Waals surface area contributed by atoms with Crippen molar-refractivity contribution < 1.29 is 28.1 Å². The molecule has 3 amide bonds. The van der Waals surface area contributed by atoms with Crippen molar-refractivity contribution in [2.45, 2.75) is 32.2 Å². The number of hydrogen-bond acceptors (Lipinski definition) is 6. The van der Waals surface area contributed by atoms with Crippen molar-refractivity contribution in [3.05, 3.63) is 12.0 Å². The minimum atomic E-state index is -0.827. The van der Waals surface area contributed by atoms with Gasteiger partial charge in [-0.25, -0.2) is 9.69 Å². The van der Waals surface area contributed by atoms with Crippen LogP contribution in [0.2, 0.25) is 0 Å². The molecule has 1 saturated heterocycles. The number of esters is 1. The lowest BCUT2D eigenvalue weighted by Crippen LogP contribution is -2.63. The van der Waals surface area contributed by atoms with Gasteiger partial charge in [-0.05, 0) is 0 Å². The summed E-state index contributed by atoms with van der Waals surface area (Å²) in [5.41, 5.74) is -0.252. The third kappa shape index (κ3) is 2.27. The molecule has 0 aromatic carbocycles. The van der Waals surface area contributed by atoms with Gasteiger partial charge in [-0.1, -0.05) is 20.8 Å². The number of carbonyl (C=O) groups is 3. The molecule has 0 radical (unpaired) electrons. The lowest BCUT2D eigenvalue weighted by atomic mass is 9.94. The van der Waals surface area contributed by atoms with Crippen LogP contribution in [0.3, 0.4) is 0 Å². The largest absolute Gasteiger partial charge is 0.506 e. The maximum absolute atomic E-state index is 12.8. The number of carbonyl (C=O) groups excluding carboxylic acids is 3. The van der Waals surface area contributed by atoms with Crippen molar-refractivity contribution in [1.82, 2.24) is 9.80 Å². The van der Waals surface area contributed by atoms with Crippen LogP contribution in [0.25, 0.3) is 0 Å². The molecule has 2 aliphatic heterocycles. The fraction of sp³-hybridized carbons (Fsp3) is 0.533. The summed E-state index contributed by atoms with van der Waals surface area (Å²) in [6.07, 6.45) is 1.72. The van der Waals surface area contributed by atoms with E-state index in [2.05, 4.69) is 9.73 Å². The molecular formula is C15H19N4O5+. The summed E-state index contributed by atoms with van der Waals surface area (Å²) < 4.78 is 11.9. The van der Waals surface area contributed by atoms with Gasteiger partial charge in [0, 0.05) is 17.5 Å². The highest BCUT2D eigenvalue weighted by molar-refractivity contribution is 6.19. The average molecular weight is 335 g/mol. The third-order valence-electron chi connectivity index (χ3n) is 4.03. The molecule has 1 unspecified atom stereocenters. The van der Waals surface area contributed by atoms with Crippen LogP contribution >= 0.6 is 0 Å². The Morgan fingerprint density at radius 2 is 2.08 bits per heavy atom. The van der Waals surface area contributed by atoms with E-state index in [0.29, 0.717) is 5.76 Å². The fourth-order valence-electron chi connectivity index (χ4n) is 2.60. The van der Waals surface area contributed by atoms with E-state index in [-0.39, 0.29) is 17.3 Å². The quantitative estimate of drug-likeness (QED) is 0.580. The van der Waals surface area contributed by atoms with Crippen LogP contribution in [0.4, 0.5) is 10.8 Å². The summed E-state index contributed by atoms with van der Waals surface area (Å²) in [5.74, 6) is -0.249. The molecular weight excluding hydrogens is 316 g/mol. The van der Waals surface area contributed by atoms with Gasteiger partial charge in [-0.2, -0.15) is 4.57 Å². The first-order valence-electron chi connectivity index (χ1n) is 7.45. The molecule has 1 fully saturated rings. The number of ether oxygens (including phenoxy) is 1. The van der Waals surface area contributed by atoms with Crippen molar-refractivity contribution >= 4 is 29.8 Å². The number of amides is 3. The second-order valence-electron chi connectivity index (χ2n) is 6.75. The molecule has 24 heavy (non-hydrogen) atoms. The second-order valence-corrected chi connectivity index (χ2v) is 6.75. The zero-order chi connectivity index (χ0) is 17.8. The first kappa shape index (κ1) is 16.2. The number of methoxy groups -OCH3 is 1. The van der Waals surface area contributed by atoms with E-state index in [1.165, 1.54) is 19.1 Å².